The Balaban J connectivity index is 2.16. The molecule has 1 aliphatic rings. The standard InChI is InChI=1S/C16H26NOSi/c1-16(2,3)15(18-19(4)5)13-10-12-8-6-7-9-14(12)17-11-13/h6-9,13,15,17H,10-11H2,1-5H3. The van der Waals surface area contributed by atoms with Gasteiger partial charge in [0.15, 0.2) is 0 Å². The van der Waals surface area contributed by atoms with Gasteiger partial charge < -0.3 is 9.74 Å². The highest BCUT2D eigenvalue weighted by atomic mass is 28.3. The lowest BCUT2D eigenvalue weighted by Gasteiger charge is -2.40. The van der Waals surface area contributed by atoms with Crippen LogP contribution in [0.15, 0.2) is 24.3 Å². The molecule has 0 saturated carbocycles. The Morgan fingerprint density at radius 2 is 1.95 bits per heavy atom. The summed E-state index contributed by atoms with van der Waals surface area (Å²) in [6.07, 6.45) is 1.46. The minimum Gasteiger partial charge on any atom is -0.413 e. The van der Waals surface area contributed by atoms with Crippen molar-refractivity contribution in [3.63, 3.8) is 0 Å². The molecule has 1 aliphatic heterocycles. The van der Waals surface area contributed by atoms with E-state index in [9.17, 15) is 0 Å². The highest BCUT2D eigenvalue weighted by Crippen LogP contribution is 2.34. The number of para-hydroxylation sites is 1. The lowest BCUT2D eigenvalue weighted by atomic mass is 9.77. The quantitative estimate of drug-likeness (QED) is 0.844. The third-order valence-corrected chi connectivity index (χ3v) is 4.42. The van der Waals surface area contributed by atoms with Crippen molar-refractivity contribution in [1.82, 2.24) is 0 Å². The maximum atomic E-state index is 6.33. The van der Waals surface area contributed by atoms with E-state index in [-0.39, 0.29) is 5.41 Å². The molecule has 0 spiro atoms. The fraction of sp³-hybridized carbons (Fsp3) is 0.625. The predicted molar refractivity (Wildman–Crippen MR) is 83.9 cm³/mol. The third-order valence-electron chi connectivity index (χ3n) is 3.70. The molecule has 2 unspecified atom stereocenters. The minimum atomic E-state index is -0.669. The molecule has 1 radical (unpaired) electrons. The number of benzene rings is 1. The van der Waals surface area contributed by atoms with Crippen molar-refractivity contribution in [3.8, 4) is 0 Å². The van der Waals surface area contributed by atoms with Gasteiger partial charge in [-0.1, -0.05) is 39.0 Å². The SMILES string of the molecule is C[Si](C)OC(C1CNc2ccccc2C1)C(C)(C)C. The minimum absolute atomic E-state index is 0.195. The van der Waals surface area contributed by atoms with E-state index in [1.807, 2.05) is 0 Å². The van der Waals surface area contributed by atoms with Crippen LogP contribution in [0.2, 0.25) is 13.1 Å². The normalized spacial score (nSPS) is 20.8. The molecule has 0 saturated heterocycles. The van der Waals surface area contributed by atoms with Crippen LogP contribution in [0.4, 0.5) is 5.69 Å². The highest BCUT2D eigenvalue weighted by Gasteiger charge is 2.35. The first kappa shape index (κ1) is 14.6. The molecule has 19 heavy (non-hydrogen) atoms. The molecule has 1 aromatic rings. The van der Waals surface area contributed by atoms with Crippen LogP contribution in [0.3, 0.4) is 0 Å². The first-order chi connectivity index (χ1) is 8.88. The van der Waals surface area contributed by atoms with Crippen molar-refractivity contribution < 1.29 is 4.43 Å². The molecule has 3 heteroatoms. The summed E-state index contributed by atoms with van der Waals surface area (Å²) >= 11 is 0. The molecule has 0 aromatic heterocycles. The molecule has 2 rings (SSSR count). The molecular weight excluding hydrogens is 250 g/mol. The van der Waals surface area contributed by atoms with Gasteiger partial charge in [-0.25, -0.2) is 0 Å². The average molecular weight is 276 g/mol. The fourth-order valence-corrected chi connectivity index (χ4v) is 3.97. The van der Waals surface area contributed by atoms with E-state index in [1.54, 1.807) is 0 Å². The van der Waals surface area contributed by atoms with E-state index < -0.39 is 9.04 Å². The molecule has 105 valence electrons. The largest absolute Gasteiger partial charge is 0.413 e. The van der Waals surface area contributed by atoms with Crippen molar-refractivity contribution in [2.24, 2.45) is 11.3 Å². The molecule has 1 aromatic carbocycles. The van der Waals surface area contributed by atoms with Crippen molar-refractivity contribution >= 4 is 14.7 Å². The van der Waals surface area contributed by atoms with Crippen LogP contribution in [0.1, 0.15) is 26.3 Å². The van der Waals surface area contributed by atoms with E-state index >= 15 is 0 Å². The second kappa shape index (κ2) is 5.67. The molecule has 0 aliphatic carbocycles. The number of anilines is 1. The van der Waals surface area contributed by atoms with E-state index in [0.29, 0.717) is 12.0 Å². The van der Waals surface area contributed by atoms with Crippen LogP contribution in [0, 0.1) is 11.3 Å². The lowest BCUT2D eigenvalue weighted by molar-refractivity contribution is 0.0364. The summed E-state index contributed by atoms with van der Waals surface area (Å²) in [7, 11) is -0.669. The summed E-state index contributed by atoms with van der Waals surface area (Å²) in [6.45, 7) is 12.4. The van der Waals surface area contributed by atoms with Crippen LogP contribution in [0.5, 0.6) is 0 Å². The van der Waals surface area contributed by atoms with Gasteiger partial charge in [-0.05, 0) is 36.6 Å². The smallest absolute Gasteiger partial charge is 0.205 e. The monoisotopic (exact) mass is 276 g/mol. The zero-order valence-corrected chi connectivity index (χ0v) is 13.8. The van der Waals surface area contributed by atoms with Crippen LogP contribution in [-0.2, 0) is 10.8 Å². The van der Waals surface area contributed by atoms with Crippen molar-refractivity contribution in [3.05, 3.63) is 29.8 Å². The summed E-state index contributed by atoms with van der Waals surface area (Å²) in [5.74, 6) is 0.565. The Morgan fingerprint density at radius 3 is 2.58 bits per heavy atom. The van der Waals surface area contributed by atoms with E-state index in [1.165, 1.54) is 11.3 Å². The maximum Gasteiger partial charge on any atom is 0.205 e. The summed E-state index contributed by atoms with van der Waals surface area (Å²) < 4.78 is 6.33. The molecule has 1 heterocycles. The Labute approximate surface area is 119 Å². The fourth-order valence-electron chi connectivity index (χ4n) is 2.91. The summed E-state index contributed by atoms with van der Waals surface area (Å²) in [5, 5.41) is 3.57. The van der Waals surface area contributed by atoms with Crippen molar-refractivity contribution in [2.45, 2.75) is 46.4 Å². The topological polar surface area (TPSA) is 21.3 Å². The maximum absolute atomic E-state index is 6.33. The Morgan fingerprint density at radius 1 is 1.26 bits per heavy atom. The Hall–Kier alpha value is -0.803. The number of hydrogen-bond acceptors (Lipinski definition) is 2. The third kappa shape index (κ3) is 3.60. The van der Waals surface area contributed by atoms with Gasteiger partial charge in [-0.2, -0.15) is 0 Å². The number of nitrogens with one attached hydrogen (secondary N) is 1. The van der Waals surface area contributed by atoms with E-state index in [4.69, 9.17) is 4.43 Å². The van der Waals surface area contributed by atoms with Gasteiger partial charge in [-0.15, -0.1) is 0 Å². The summed E-state index contributed by atoms with van der Waals surface area (Å²) in [5.41, 5.74) is 2.92. The van der Waals surface area contributed by atoms with Gasteiger partial charge in [0.2, 0.25) is 9.04 Å². The van der Waals surface area contributed by atoms with E-state index in [2.05, 4.69) is 63.4 Å². The summed E-state index contributed by atoms with van der Waals surface area (Å²) in [6, 6.07) is 8.64. The van der Waals surface area contributed by atoms with Gasteiger partial charge in [0, 0.05) is 18.2 Å². The molecule has 1 N–H and O–H groups in total. The molecule has 0 fully saturated rings. The van der Waals surface area contributed by atoms with Gasteiger partial charge in [0.1, 0.15) is 0 Å². The first-order valence-corrected chi connectivity index (χ1v) is 9.57. The Kier molecular flexibility index (Phi) is 4.36. The molecule has 0 amide bonds. The van der Waals surface area contributed by atoms with Crippen LogP contribution < -0.4 is 5.32 Å². The Bertz CT molecular complexity index is 425. The highest BCUT2D eigenvalue weighted by molar-refractivity contribution is 6.48. The zero-order valence-electron chi connectivity index (χ0n) is 12.8. The van der Waals surface area contributed by atoms with Crippen molar-refractivity contribution in [2.75, 3.05) is 11.9 Å². The van der Waals surface area contributed by atoms with Crippen LogP contribution in [-0.4, -0.2) is 21.7 Å². The van der Waals surface area contributed by atoms with Crippen LogP contribution >= 0.6 is 0 Å². The molecule has 0 bridgehead atoms. The molecule has 2 atom stereocenters. The van der Waals surface area contributed by atoms with Crippen molar-refractivity contribution in [1.29, 1.82) is 0 Å². The molecule has 2 nitrogen and oxygen atoms in total. The molecular formula is C16H26NOSi. The van der Waals surface area contributed by atoms with E-state index in [0.717, 1.165) is 13.0 Å². The predicted octanol–water partition coefficient (Wildman–Crippen LogP) is 3.95. The summed E-state index contributed by atoms with van der Waals surface area (Å²) in [4.78, 5) is 0. The first-order valence-electron chi connectivity index (χ1n) is 7.16. The van der Waals surface area contributed by atoms with Gasteiger partial charge in [0.05, 0.1) is 6.10 Å². The van der Waals surface area contributed by atoms with Gasteiger partial charge in [-0.3, -0.25) is 0 Å². The average Bonchev–Trinajstić information content (AvgIpc) is 2.34. The van der Waals surface area contributed by atoms with Gasteiger partial charge >= 0.3 is 0 Å². The number of rotatable bonds is 3. The van der Waals surface area contributed by atoms with Crippen LogP contribution in [0.25, 0.3) is 0 Å². The lowest BCUT2D eigenvalue weighted by Crippen LogP contribution is -2.44. The number of fused-ring (bicyclic) bond motifs is 1. The zero-order chi connectivity index (χ0) is 14.0. The number of hydrogen-bond donors (Lipinski definition) is 1. The van der Waals surface area contributed by atoms with Gasteiger partial charge in [0.25, 0.3) is 0 Å². The second-order valence-electron chi connectivity index (χ2n) is 6.81. The second-order valence-corrected chi connectivity index (χ2v) is 8.87.